The lowest BCUT2D eigenvalue weighted by atomic mass is 9.80. The minimum Gasteiger partial charge on any atom is -0.506 e. The van der Waals surface area contributed by atoms with Crippen LogP contribution in [0.25, 0.3) is 0 Å². The van der Waals surface area contributed by atoms with Crippen molar-refractivity contribution in [3.8, 4) is 0 Å². The fourth-order valence-electron chi connectivity index (χ4n) is 3.59. The van der Waals surface area contributed by atoms with Crippen molar-refractivity contribution in [2.24, 2.45) is 4.99 Å². The zero-order valence-electron chi connectivity index (χ0n) is 15.8. The summed E-state index contributed by atoms with van der Waals surface area (Å²) in [5, 5.41) is 20.5. The van der Waals surface area contributed by atoms with Gasteiger partial charge in [-0.05, 0) is 24.8 Å². The number of nitrogens with zero attached hydrogens (tertiary/aromatic N) is 3. The highest BCUT2D eigenvalue weighted by Gasteiger charge is 2.41. The molecule has 2 aliphatic rings. The van der Waals surface area contributed by atoms with Crippen molar-refractivity contribution in [2.75, 3.05) is 13.1 Å². The van der Waals surface area contributed by atoms with Crippen LogP contribution in [-0.2, 0) is 10.2 Å². The molecular weight excluding hydrogens is 330 g/mol. The van der Waals surface area contributed by atoms with Crippen LogP contribution in [0.3, 0.4) is 0 Å². The second-order valence-corrected chi connectivity index (χ2v) is 7.82. The molecular formula is C20H27N3O3. The van der Waals surface area contributed by atoms with Gasteiger partial charge in [0.25, 0.3) is 5.91 Å². The van der Waals surface area contributed by atoms with Crippen LogP contribution in [0.4, 0.5) is 0 Å². The Labute approximate surface area is 154 Å². The minimum atomic E-state index is -1.39. The van der Waals surface area contributed by atoms with Gasteiger partial charge >= 0.3 is 0 Å². The van der Waals surface area contributed by atoms with Gasteiger partial charge in [0.2, 0.25) is 6.23 Å². The summed E-state index contributed by atoms with van der Waals surface area (Å²) in [6.45, 7) is 9.23. The van der Waals surface area contributed by atoms with E-state index in [-0.39, 0.29) is 28.8 Å². The SMILES string of the molecule is CC(C)N1CCN2C(CC(C)(C)c3ccccc3)=NC(O)C(O)=C2C1=O. The molecule has 3 rings (SSSR count). The number of hydrogen-bond acceptors (Lipinski definition) is 5. The zero-order chi connectivity index (χ0) is 19.1. The summed E-state index contributed by atoms with van der Waals surface area (Å²) >= 11 is 0. The molecule has 6 heteroatoms. The molecule has 1 atom stereocenters. The summed E-state index contributed by atoms with van der Waals surface area (Å²) in [6.07, 6.45) is -0.835. The third kappa shape index (κ3) is 3.21. The summed E-state index contributed by atoms with van der Waals surface area (Å²) < 4.78 is 0. The van der Waals surface area contributed by atoms with E-state index in [1.165, 1.54) is 0 Å². The largest absolute Gasteiger partial charge is 0.506 e. The predicted octanol–water partition coefficient (Wildman–Crippen LogP) is 2.41. The molecule has 1 amide bonds. The van der Waals surface area contributed by atoms with Crippen molar-refractivity contribution in [3.05, 3.63) is 47.4 Å². The van der Waals surface area contributed by atoms with Gasteiger partial charge in [0.05, 0.1) is 0 Å². The summed E-state index contributed by atoms with van der Waals surface area (Å²) in [5.41, 5.74) is 1.09. The van der Waals surface area contributed by atoms with Gasteiger partial charge in [-0.3, -0.25) is 4.79 Å². The fraction of sp³-hybridized carbons (Fsp3) is 0.500. The third-order valence-electron chi connectivity index (χ3n) is 5.15. The second-order valence-electron chi connectivity index (χ2n) is 7.82. The van der Waals surface area contributed by atoms with Crippen LogP contribution in [0.1, 0.15) is 39.7 Å². The molecule has 2 aliphatic heterocycles. The topological polar surface area (TPSA) is 76.4 Å². The Balaban J connectivity index is 1.91. The summed E-state index contributed by atoms with van der Waals surface area (Å²) in [4.78, 5) is 20.6. The Morgan fingerprint density at radius 1 is 1.23 bits per heavy atom. The maximum absolute atomic E-state index is 12.8. The highest BCUT2D eigenvalue weighted by atomic mass is 16.3. The smallest absolute Gasteiger partial charge is 0.274 e. The molecule has 0 saturated carbocycles. The number of amidine groups is 1. The fourth-order valence-corrected chi connectivity index (χ4v) is 3.59. The highest BCUT2D eigenvalue weighted by molar-refractivity contribution is 6.01. The van der Waals surface area contributed by atoms with Crippen molar-refractivity contribution in [1.29, 1.82) is 0 Å². The molecule has 2 N–H and O–H groups in total. The van der Waals surface area contributed by atoms with Crippen LogP contribution in [0.5, 0.6) is 0 Å². The Morgan fingerprint density at radius 2 is 1.88 bits per heavy atom. The number of hydrogen-bond donors (Lipinski definition) is 2. The minimum absolute atomic E-state index is 0.0326. The van der Waals surface area contributed by atoms with E-state index in [1.807, 2.05) is 32.0 Å². The standard InChI is InChI=1S/C20H27N3O3/c1-13(2)22-10-11-23-15(21-18(25)17(24)16(23)19(22)26)12-20(3,4)14-8-6-5-7-9-14/h5-9,13,18,24-25H,10-12H2,1-4H3. The number of aliphatic hydroxyl groups excluding tert-OH is 2. The van der Waals surface area contributed by atoms with E-state index >= 15 is 0 Å². The second kappa shape index (κ2) is 6.76. The molecule has 1 aromatic rings. The van der Waals surface area contributed by atoms with Crippen LogP contribution in [0, 0.1) is 0 Å². The first kappa shape index (κ1) is 18.5. The van der Waals surface area contributed by atoms with Gasteiger partial charge in [-0.15, -0.1) is 0 Å². The Bertz CT molecular complexity index is 753. The number of carbonyl (C=O) groups excluding carboxylic acids is 1. The molecule has 0 radical (unpaired) electrons. The first-order chi connectivity index (χ1) is 12.2. The molecule has 1 saturated heterocycles. The van der Waals surface area contributed by atoms with E-state index in [0.29, 0.717) is 25.3 Å². The zero-order valence-corrected chi connectivity index (χ0v) is 15.8. The summed E-state index contributed by atoms with van der Waals surface area (Å²) in [6, 6.07) is 10.1. The van der Waals surface area contributed by atoms with Crippen molar-refractivity contribution in [2.45, 2.75) is 51.8 Å². The van der Waals surface area contributed by atoms with Crippen LogP contribution in [-0.4, -0.2) is 57.1 Å². The van der Waals surface area contributed by atoms with E-state index in [9.17, 15) is 15.0 Å². The quantitative estimate of drug-likeness (QED) is 0.868. The van der Waals surface area contributed by atoms with Gasteiger partial charge in [-0.1, -0.05) is 44.2 Å². The number of aliphatic imine (C=N–C) groups is 1. The maximum Gasteiger partial charge on any atom is 0.274 e. The average Bonchev–Trinajstić information content (AvgIpc) is 2.59. The monoisotopic (exact) mass is 357 g/mol. The molecule has 0 aliphatic carbocycles. The lowest BCUT2D eigenvalue weighted by Gasteiger charge is -2.43. The first-order valence-electron chi connectivity index (χ1n) is 9.04. The van der Waals surface area contributed by atoms with Gasteiger partial charge < -0.3 is 20.0 Å². The van der Waals surface area contributed by atoms with Crippen molar-refractivity contribution >= 4 is 11.7 Å². The van der Waals surface area contributed by atoms with Crippen molar-refractivity contribution in [3.63, 3.8) is 0 Å². The Morgan fingerprint density at radius 3 is 2.50 bits per heavy atom. The molecule has 1 fully saturated rings. The number of piperazine rings is 1. The van der Waals surface area contributed by atoms with Crippen molar-refractivity contribution in [1.82, 2.24) is 9.80 Å². The molecule has 0 bridgehead atoms. The molecule has 140 valence electrons. The molecule has 0 aromatic heterocycles. The van der Waals surface area contributed by atoms with E-state index in [4.69, 9.17) is 0 Å². The number of aliphatic hydroxyl groups is 2. The number of benzene rings is 1. The lowest BCUT2D eigenvalue weighted by Crippen LogP contribution is -2.55. The summed E-state index contributed by atoms with van der Waals surface area (Å²) in [5.74, 6) is 0.0187. The lowest BCUT2D eigenvalue weighted by molar-refractivity contribution is -0.133. The van der Waals surface area contributed by atoms with Gasteiger partial charge in [-0.25, -0.2) is 4.99 Å². The number of fused-ring (bicyclic) bond motifs is 1. The molecule has 1 aromatic carbocycles. The van der Waals surface area contributed by atoms with Gasteiger partial charge in [0.1, 0.15) is 5.84 Å². The predicted molar refractivity (Wildman–Crippen MR) is 101 cm³/mol. The van der Waals surface area contributed by atoms with Crippen LogP contribution in [0.2, 0.25) is 0 Å². The maximum atomic E-state index is 12.8. The average molecular weight is 357 g/mol. The number of carbonyl (C=O) groups is 1. The Hall–Kier alpha value is -2.34. The molecule has 1 unspecified atom stereocenters. The van der Waals surface area contributed by atoms with Crippen LogP contribution < -0.4 is 0 Å². The molecule has 26 heavy (non-hydrogen) atoms. The molecule has 6 nitrogen and oxygen atoms in total. The van der Waals surface area contributed by atoms with E-state index < -0.39 is 6.23 Å². The van der Waals surface area contributed by atoms with Crippen molar-refractivity contribution < 1.29 is 15.0 Å². The highest BCUT2D eigenvalue weighted by Crippen LogP contribution is 2.33. The van der Waals surface area contributed by atoms with Crippen LogP contribution >= 0.6 is 0 Å². The van der Waals surface area contributed by atoms with E-state index in [2.05, 4.69) is 31.0 Å². The molecule has 2 heterocycles. The van der Waals surface area contributed by atoms with Gasteiger partial charge in [0, 0.05) is 25.6 Å². The first-order valence-corrected chi connectivity index (χ1v) is 9.04. The van der Waals surface area contributed by atoms with Gasteiger partial charge in [0.15, 0.2) is 11.5 Å². The number of amides is 1. The summed E-state index contributed by atoms with van der Waals surface area (Å²) in [7, 11) is 0. The van der Waals surface area contributed by atoms with Crippen LogP contribution in [0.15, 0.2) is 46.8 Å². The molecule has 0 spiro atoms. The number of rotatable bonds is 4. The third-order valence-corrected chi connectivity index (χ3v) is 5.15. The van der Waals surface area contributed by atoms with E-state index in [1.54, 1.807) is 9.80 Å². The normalized spacial score (nSPS) is 21.2. The van der Waals surface area contributed by atoms with Gasteiger partial charge in [-0.2, -0.15) is 0 Å². The Kier molecular flexibility index (Phi) is 4.80. The van der Waals surface area contributed by atoms with E-state index in [0.717, 1.165) is 5.56 Å².